The minimum Gasteiger partial charge on any atom is -0.485 e. The summed E-state index contributed by atoms with van der Waals surface area (Å²) in [7, 11) is -4.14. The van der Waals surface area contributed by atoms with Crippen LogP contribution in [0.3, 0.4) is 0 Å². The summed E-state index contributed by atoms with van der Waals surface area (Å²) in [4.78, 5) is 28.1. The molecule has 0 aromatic heterocycles. The number of carbonyl (C=O) groups is 2. The molecule has 0 fully saturated rings. The summed E-state index contributed by atoms with van der Waals surface area (Å²) in [6.45, 7) is 3.48. The van der Waals surface area contributed by atoms with Crippen molar-refractivity contribution in [3.63, 3.8) is 0 Å². The Labute approximate surface area is 345 Å². The summed E-state index contributed by atoms with van der Waals surface area (Å²) in [5, 5.41) is 2.84. The van der Waals surface area contributed by atoms with E-state index >= 15 is 0 Å². The van der Waals surface area contributed by atoms with E-state index in [0.29, 0.717) is 23.7 Å². The topological polar surface area (TPSA) is 123 Å². The summed E-state index contributed by atoms with van der Waals surface area (Å²) < 4.78 is 47.9. The SMILES string of the molecule is CC(C)(OP(=[OH+])(OCc1ccccc1)OCc1ccccc1)C(=O)N[C@@H](Cc1ccc(OCc2ccccc2)c(OCc2ccccc2)c1)C(=O)OCc1ccccc1. The molecule has 0 saturated carbocycles. The van der Waals surface area contributed by atoms with Gasteiger partial charge in [-0.05, 0) is 59.4 Å². The number of ether oxygens (including phenoxy) is 3. The lowest BCUT2D eigenvalue weighted by molar-refractivity contribution is -0.151. The lowest BCUT2D eigenvalue weighted by Gasteiger charge is -2.27. The molecular weight excluding hydrogens is 765 g/mol. The van der Waals surface area contributed by atoms with E-state index in [1.807, 2.05) is 158 Å². The van der Waals surface area contributed by atoms with Crippen molar-refractivity contribution in [2.75, 3.05) is 0 Å². The third-order valence-electron chi connectivity index (χ3n) is 9.10. The summed E-state index contributed by atoms with van der Waals surface area (Å²) in [5.74, 6) is -0.383. The van der Waals surface area contributed by atoms with Gasteiger partial charge >= 0.3 is 13.8 Å². The standard InChI is InChI=1S/C48H48NO9P/c1-48(2,58-59(52,56-35-40-24-14-6-15-25-40)57-36-41-26-16-7-17-27-41)47(51)49-43(46(50)55-34-39-22-12-5-13-23-39)30-42-28-29-44(53-32-37-18-8-3-9-19-37)45(31-42)54-33-38-20-10-4-11-21-38/h3-29,31,43H,30,32-36H2,1-2H3,(H,49,51)/p+1/t43-/m0/s1. The molecule has 6 aromatic carbocycles. The van der Waals surface area contributed by atoms with E-state index in [4.69, 9.17) is 27.8 Å². The molecule has 1 atom stereocenters. The molecule has 0 spiro atoms. The van der Waals surface area contributed by atoms with E-state index in [1.54, 1.807) is 12.1 Å². The first-order valence-electron chi connectivity index (χ1n) is 19.3. The second kappa shape index (κ2) is 21.1. The molecule has 0 aliphatic carbocycles. The fraction of sp³-hybridized carbons (Fsp3) is 0.208. The molecule has 6 rings (SSSR count). The zero-order valence-corrected chi connectivity index (χ0v) is 34.0. The number of nitrogens with one attached hydrogen (secondary N) is 1. The van der Waals surface area contributed by atoms with Crippen molar-refractivity contribution in [1.82, 2.24) is 5.32 Å². The zero-order valence-electron chi connectivity index (χ0n) is 33.1. The van der Waals surface area contributed by atoms with Gasteiger partial charge in [0.2, 0.25) is 0 Å². The predicted octanol–water partition coefficient (Wildman–Crippen LogP) is 9.89. The highest BCUT2D eigenvalue weighted by Gasteiger charge is 2.47. The van der Waals surface area contributed by atoms with Crippen molar-refractivity contribution in [2.45, 2.75) is 64.9 Å². The van der Waals surface area contributed by atoms with Crippen molar-refractivity contribution in [1.29, 1.82) is 0 Å². The van der Waals surface area contributed by atoms with Crippen LogP contribution in [0.25, 0.3) is 0 Å². The van der Waals surface area contributed by atoms with Crippen LogP contribution in [-0.4, -0.2) is 28.1 Å². The normalized spacial score (nSPS) is 12.0. The summed E-state index contributed by atoms with van der Waals surface area (Å²) in [5.41, 5.74) is 3.20. The van der Waals surface area contributed by atoms with Crippen LogP contribution in [-0.2, 0) is 67.4 Å². The van der Waals surface area contributed by atoms with Gasteiger partial charge in [-0.3, -0.25) is 4.79 Å². The average molecular weight is 815 g/mol. The number of benzene rings is 6. The number of hydrogen-bond acceptors (Lipinski definition) is 8. The largest absolute Gasteiger partial charge is 0.667 e. The number of amides is 1. The Kier molecular flexibility index (Phi) is 15.2. The third-order valence-corrected chi connectivity index (χ3v) is 10.7. The summed E-state index contributed by atoms with van der Waals surface area (Å²) >= 11 is 0. The van der Waals surface area contributed by atoms with Crippen molar-refractivity contribution in [3.05, 3.63) is 203 Å². The van der Waals surface area contributed by atoms with Crippen LogP contribution in [0.2, 0.25) is 0 Å². The Morgan fingerprint density at radius 1 is 0.542 bits per heavy atom. The van der Waals surface area contributed by atoms with Crippen molar-refractivity contribution < 1.29 is 41.9 Å². The molecule has 0 radical (unpaired) electrons. The van der Waals surface area contributed by atoms with Crippen molar-refractivity contribution in [3.8, 4) is 11.5 Å². The van der Waals surface area contributed by atoms with Gasteiger partial charge in [0.25, 0.3) is 5.91 Å². The second-order valence-electron chi connectivity index (χ2n) is 14.2. The highest BCUT2D eigenvalue weighted by atomic mass is 31.2. The minimum atomic E-state index is -4.14. The zero-order chi connectivity index (χ0) is 41.3. The molecule has 0 heterocycles. The van der Waals surface area contributed by atoms with Gasteiger partial charge in [0.15, 0.2) is 17.1 Å². The van der Waals surface area contributed by atoms with E-state index in [0.717, 1.165) is 27.8 Å². The number of hydrogen-bond donors (Lipinski definition) is 1. The third kappa shape index (κ3) is 13.5. The average Bonchev–Trinajstić information content (AvgIpc) is 3.27. The van der Waals surface area contributed by atoms with Crippen LogP contribution in [0.1, 0.15) is 47.2 Å². The first-order valence-corrected chi connectivity index (χ1v) is 20.8. The fourth-order valence-electron chi connectivity index (χ4n) is 5.85. The molecule has 0 unspecified atom stereocenters. The van der Waals surface area contributed by atoms with Gasteiger partial charge in [0.05, 0.1) is 13.2 Å². The Hall–Kier alpha value is -6.03. The fourth-order valence-corrected chi connectivity index (χ4v) is 7.32. The lowest BCUT2D eigenvalue weighted by Crippen LogP contribution is -2.51. The second-order valence-corrected chi connectivity index (χ2v) is 15.9. The molecule has 0 bridgehead atoms. The van der Waals surface area contributed by atoms with Crippen molar-refractivity contribution >= 4 is 19.7 Å². The number of esters is 1. The van der Waals surface area contributed by atoms with Crippen LogP contribution in [0.4, 0.5) is 0 Å². The molecule has 6 aromatic rings. The van der Waals surface area contributed by atoms with Crippen LogP contribution in [0, 0.1) is 0 Å². The van der Waals surface area contributed by atoms with E-state index in [-0.39, 0.29) is 32.8 Å². The van der Waals surface area contributed by atoms with E-state index in [1.165, 1.54) is 13.8 Å². The molecule has 11 heteroatoms. The van der Waals surface area contributed by atoms with Crippen LogP contribution in [0.15, 0.2) is 170 Å². The number of rotatable bonds is 21. The van der Waals surface area contributed by atoms with Crippen LogP contribution < -0.4 is 14.8 Å². The van der Waals surface area contributed by atoms with E-state index in [2.05, 4.69) is 5.32 Å². The number of carbonyl (C=O) groups excluding carboxylic acids is 2. The maximum absolute atomic E-state index is 14.2. The van der Waals surface area contributed by atoms with Gasteiger partial charge in [0, 0.05) is 6.42 Å². The Morgan fingerprint density at radius 2 is 0.949 bits per heavy atom. The van der Waals surface area contributed by atoms with Crippen LogP contribution >= 0.6 is 7.82 Å². The highest BCUT2D eigenvalue weighted by molar-refractivity contribution is 7.48. The van der Waals surface area contributed by atoms with Gasteiger partial charge in [-0.15, -0.1) is 0 Å². The summed E-state index contributed by atoms with van der Waals surface area (Å²) in [6.07, 6.45) is 0.0323. The molecule has 2 N–H and O–H groups in total. The van der Waals surface area contributed by atoms with Gasteiger partial charge in [-0.25, -0.2) is 22.9 Å². The molecule has 10 nitrogen and oxygen atoms in total. The maximum atomic E-state index is 14.2. The Bertz CT molecular complexity index is 2210. The Morgan fingerprint density at radius 3 is 1.41 bits per heavy atom. The highest BCUT2D eigenvalue weighted by Crippen LogP contribution is 2.53. The summed E-state index contributed by atoms with van der Waals surface area (Å²) in [6, 6.07) is 51.5. The van der Waals surface area contributed by atoms with Gasteiger partial charge < -0.3 is 19.5 Å². The molecule has 304 valence electrons. The van der Waals surface area contributed by atoms with Crippen LogP contribution in [0.5, 0.6) is 11.5 Å². The molecule has 1 amide bonds. The van der Waals surface area contributed by atoms with Crippen molar-refractivity contribution in [2.24, 2.45) is 0 Å². The minimum absolute atomic E-state index is 0.00439. The van der Waals surface area contributed by atoms with Gasteiger partial charge in [-0.2, -0.15) is 0 Å². The molecular formula is C48H49NO9P+. The van der Waals surface area contributed by atoms with Gasteiger partial charge in [-0.1, -0.05) is 158 Å². The first kappa shape index (κ1) is 42.6. The van der Waals surface area contributed by atoms with E-state index in [9.17, 15) is 14.2 Å². The van der Waals surface area contributed by atoms with Gasteiger partial charge in [0.1, 0.15) is 25.9 Å². The lowest BCUT2D eigenvalue weighted by atomic mass is 10.0. The molecule has 0 aliphatic rings. The predicted molar refractivity (Wildman–Crippen MR) is 226 cm³/mol. The molecule has 59 heavy (non-hydrogen) atoms. The maximum Gasteiger partial charge on any atom is 0.667 e. The molecule has 0 aliphatic heterocycles. The first-order chi connectivity index (χ1) is 28.6. The Balaban J connectivity index is 1.22. The monoisotopic (exact) mass is 814 g/mol. The molecule has 0 saturated heterocycles. The smallest absolute Gasteiger partial charge is 0.485 e. The van der Waals surface area contributed by atoms with E-state index < -0.39 is 31.3 Å². The quantitative estimate of drug-likeness (QED) is 0.0433.